The van der Waals surface area contributed by atoms with Gasteiger partial charge in [-0.1, -0.05) is 13.3 Å². The lowest BCUT2D eigenvalue weighted by molar-refractivity contribution is -0.119. The molecule has 0 saturated carbocycles. The summed E-state index contributed by atoms with van der Waals surface area (Å²) in [5.74, 6) is 0.499. The highest BCUT2D eigenvalue weighted by Gasteiger charge is 2.25. The zero-order chi connectivity index (χ0) is 15.2. The van der Waals surface area contributed by atoms with Crippen molar-refractivity contribution in [1.29, 1.82) is 10.5 Å². The van der Waals surface area contributed by atoms with Crippen LogP contribution in [-0.4, -0.2) is 18.5 Å². The predicted molar refractivity (Wildman–Crippen MR) is 79.3 cm³/mol. The summed E-state index contributed by atoms with van der Waals surface area (Å²) in [6.07, 6.45) is 3.03. The molecule has 0 aliphatic carbocycles. The van der Waals surface area contributed by atoms with Gasteiger partial charge < -0.3 is 10.6 Å². The molecule has 1 aromatic carbocycles. The quantitative estimate of drug-likeness (QED) is 0.889. The van der Waals surface area contributed by atoms with Crippen LogP contribution in [0.4, 0.5) is 5.69 Å². The summed E-state index contributed by atoms with van der Waals surface area (Å²) < 4.78 is 0. The SMILES string of the molecule is CCC1CCNC(C(=O)Nc2ccc(C#N)c(C#N)c2)C1. The molecule has 5 nitrogen and oxygen atoms in total. The van der Waals surface area contributed by atoms with E-state index in [1.165, 1.54) is 6.07 Å². The molecule has 1 aromatic rings. The number of hydrogen-bond donors (Lipinski definition) is 2. The maximum absolute atomic E-state index is 12.3. The number of carbonyl (C=O) groups excluding carboxylic acids is 1. The maximum Gasteiger partial charge on any atom is 0.241 e. The minimum absolute atomic E-state index is 0.0817. The summed E-state index contributed by atoms with van der Waals surface area (Å²) in [6, 6.07) is 8.47. The van der Waals surface area contributed by atoms with Crippen molar-refractivity contribution >= 4 is 11.6 Å². The van der Waals surface area contributed by atoms with Crippen LogP contribution in [0.1, 0.15) is 37.3 Å². The van der Waals surface area contributed by atoms with E-state index in [2.05, 4.69) is 17.6 Å². The van der Waals surface area contributed by atoms with Gasteiger partial charge in [0.25, 0.3) is 0 Å². The van der Waals surface area contributed by atoms with Crippen molar-refractivity contribution in [1.82, 2.24) is 5.32 Å². The lowest BCUT2D eigenvalue weighted by Gasteiger charge is -2.28. The zero-order valence-corrected chi connectivity index (χ0v) is 12.0. The second-order valence-corrected chi connectivity index (χ2v) is 5.28. The Morgan fingerprint density at radius 3 is 2.81 bits per heavy atom. The van der Waals surface area contributed by atoms with E-state index in [4.69, 9.17) is 10.5 Å². The molecule has 1 amide bonds. The molecular weight excluding hydrogens is 264 g/mol. The Kier molecular flexibility index (Phi) is 4.92. The molecule has 108 valence electrons. The Labute approximate surface area is 124 Å². The molecule has 2 unspecified atom stereocenters. The highest BCUT2D eigenvalue weighted by molar-refractivity contribution is 5.95. The van der Waals surface area contributed by atoms with Crippen LogP contribution in [0.15, 0.2) is 18.2 Å². The third kappa shape index (κ3) is 3.59. The van der Waals surface area contributed by atoms with Crippen molar-refractivity contribution in [2.45, 2.75) is 32.2 Å². The van der Waals surface area contributed by atoms with Crippen molar-refractivity contribution < 1.29 is 4.79 Å². The van der Waals surface area contributed by atoms with E-state index < -0.39 is 0 Å². The minimum Gasteiger partial charge on any atom is -0.325 e. The normalized spacial score (nSPS) is 21.1. The molecule has 2 N–H and O–H groups in total. The van der Waals surface area contributed by atoms with Crippen LogP contribution < -0.4 is 10.6 Å². The molecular formula is C16H18N4O. The zero-order valence-electron chi connectivity index (χ0n) is 12.0. The fourth-order valence-electron chi connectivity index (χ4n) is 2.61. The molecule has 5 heteroatoms. The van der Waals surface area contributed by atoms with Crippen LogP contribution in [-0.2, 0) is 4.79 Å². The Morgan fingerprint density at radius 2 is 2.14 bits per heavy atom. The number of nitrogens with one attached hydrogen (secondary N) is 2. The predicted octanol–water partition coefficient (Wildman–Crippen LogP) is 2.15. The summed E-state index contributed by atoms with van der Waals surface area (Å²) in [4.78, 5) is 12.3. The largest absolute Gasteiger partial charge is 0.325 e. The Hall–Kier alpha value is -2.37. The summed E-state index contributed by atoms with van der Waals surface area (Å²) in [7, 11) is 0. The number of nitrogens with zero attached hydrogens (tertiary/aromatic N) is 2. The smallest absolute Gasteiger partial charge is 0.241 e. The van der Waals surface area contributed by atoms with Gasteiger partial charge in [0.1, 0.15) is 12.1 Å². The first-order valence-corrected chi connectivity index (χ1v) is 7.16. The van der Waals surface area contributed by atoms with E-state index >= 15 is 0 Å². The van der Waals surface area contributed by atoms with Gasteiger partial charge in [0, 0.05) is 5.69 Å². The molecule has 1 fully saturated rings. The maximum atomic E-state index is 12.3. The molecule has 1 aliphatic rings. The number of benzene rings is 1. The van der Waals surface area contributed by atoms with Gasteiger partial charge in [-0.05, 0) is 43.5 Å². The van der Waals surface area contributed by atoms with E-state index in [0.29, 0.717) is 17.2 Å². The molecule has 0 radical (unpaired) electrons. The van der Waals surface area contributed by atoms with Gasteiger partial charge in [0.2, 0.25) is 5.91 Å². The van der Waals surface area contributed by atoms with Gasteiger partial charge in [-0.2, -0.15) is 10.5 Å². The van der Waals surface area contributed by atoms with Crippen LogP contribution in [0.5, 0.6) is 0 Å². The Balaban J connectivity index is 2.06. The second kappa shape index (κ2) is 6.88. The number of carbonyl (C=O) groups is 1. The number of nitriles is 2. The summed E-state index contributed by atoms with van der Waals surface area (Å²) in [5.41, 5.74) is 1.15. The molecule has 1 saturated heterocycles. The topological polar surface area (TPSA) is 88.7 Å². The van der Waals surface area contributed by atoms with Crippen molar-refractivity contribution in [3.8, 4) is 12.1 Å². The van der Waals surface area contributed by atoms with Crippen molar-refractivity contribution in [3.05, 3.63) is 29.3 Å². The summed E-state index contributed by atoms with van der Waals surface area (Å²) in [6.45, 7) is 3.00. The molecule has 1 heterocycles. The lowest BCUT2D eigenvalue weighted by atomic mass is 9.90. The Morgan fingerprint density at radius 1 is 1.38 bits per heavy atom. The van der Waals surface area contributed by atoms with E-state index in [1.54, 1.807) is 12.1 Å². The highest BCUT2D eigenvalue weighted by atomic mass is 16.2. The lowest BCUT2D eigenvalue weighted by Crippen LogP contribution is -2.46. The van der Waals surface area contributed by atoms with E-state index in [0.717, 1.165) is 25.8 Å². The Bertz CT molecular complexity index is 612. The molecule has 0 spiro atoms. The average molecular weight is 282 g/mol. The molecule has 0 aromatic heterocycles. The monoisotopic (exact) mass is 282 g/mol. The van der Waals surface area contributed by atoms with Crippen LogP contribution in [0.25, 0.3) is 0 Å². The van der Waals surface area contributed by atoms with Crippen molar-refractivity contribution in [3.63, 3.8) is 0 Å². The molecule has 2 atom stereocenters. The van der Waals surface area contributed by atoms with Gasteiger partial charge in [-0.15, -0.1) is 0 Å². The van der Waals surface area contributed by atoms with Crippen LogP contribution >= 0.6 is 0 Å². The number of anilines is 1. The number of piperidine rings is 1. The average Bonchev–Trinajstić information content (AvgIpc) is 2.54. The van der Waals surface area contributed by atoms with Crippen LogP contribution in [0.3, 0.4) is 0 Å². The highest BCUT2D eigenvalue weighted by Crippen LogP contribution is 2.21. The standard InChI is InChI=1S/C16H18N4O/c1-2-11-5-6-19-15(7-11)16(21)20-14-4-3-12(9-17)13(8-14)10-18/h3-4,8,11,15,19H,2,5-7H2,1H3,(H,20,21). The summed E-state index contributed by atoms with van der Waals surface area (Å²) in [5, 5.41) is 23.9. The number of rotatable bonds is 3. The fraction of sp³-hybridized carbons (Fsp3) is 0.438. The first-order chi connectivity index (χ1) is 10.2. The van der Waals surface area contributed by atoms with Gasteiger partial charge in [-0.25, -0.2) is 0 Å². The van der Waals surface area contributed by atoms with Crippen molar-refractivity contribution in [2.75, 3.05) is 11.9 Å². The summed E-state index contributed by atoms with van der Waals surface area (Å²) >= 11 is 0. The van der Waals surface area contributed by atoms with E-state index in [9.17, 15) is 4.79 Å². The van der Waals surface area contributed by atoms with E-state index in [-0.39, 0.29) is 17.5 Å². The van der Waals surface area contributed by atoms with Gasteiger partial charge >= 0.3 is 0 Å². The minimum atomic E-state index is -0.190. The fourth-order valence-corrected chi connectivity index (χ4v) is 2.61. The molecule has 2 rings (SSSR count). The third-order valence-electron chi connectivity index (χ3n) is 3.93. The van der Waals surface area contributed by atoms with Crippen LogP contribution in [0.2, 0.25) is 0 Å². The first-order valence-electron chi connectivity index (χ1n) is 7.16. The van der Waals surface area contributed by atoms with Gasteiger partial charge in [-0.3, -0.25) is 4.79 Å². The van der Waals surface area contributed by atoms with Crippen molar-refractivity contribution in [2.24, 2.45) is 5.92 Å². The first kappa shape index (κ1) is 15.0. The van der Waals surface area contributed by atoms with Gasteiger partial charge in [0.05, 0.1) is 17.2 Å². The molecule has 1 aliphatic heterocycles. The number of hydrogen-bond acceptors (Lipinski definition) is 4. The van der Waals surface area contributed by atoms with E-state index in [1.807, 2.05) is 12.1 Å². The molecule has 0 bridgehead atoms. The second-order valence-electron chi connectivity index (χ2n) is 5.28. The third-order valence-corrected chi connectivity index (χ3v) is 3.93. The van der Waals surface area contributed by atoms with Crippen LogP contribution in [0, 0.1) is 28.6 Å². The van der Waals surface area contributed by atoms with Gasteiger partial charge in [0.15, 0.2) is 0 Å². The molecule has 21 heavy (non-hydrogen) atoms. The number of amides is 1.